The van der Waals surface area contributed by atoms with Gasteiger partial charge in [-0.15, -0.1) is 11.3 Å². The third-order valence-corrected chi connectivity index (χ3v) is 5.81. The number of nitrogens with zero attached hydrogens (tertiary/aromatic N) is 3. The zero-order valence-corrected chi connectivity index (χ0v) is 16.7. The molecule has 0 aliphatic carbocycles. The van der Waals surface area contributed by atoms with Gasteiger partial charge in [0.2, 0.25) is 11.7 Å². The van der Waals surface area contributed by atoms with Crippen LogP contribution in [0, 0.1) is 5.82 Å². The molecule has 1 amide bonds. The number of hydrogen-bond acceptors (Lipinski definition) is 7. The van der Waals surface area contributed by atoms with E-state index in [4.69, 9.17) is 4.52 Å². The molecule has 0 aliphatic rings. The van der Waals surface area contributed by atoms with E-state index < -0.39 is 0 Å². The van der Waals surface area contributed by atoms with Crippen molar-refractivity contribution in [2.24, 2.45) is 0 Å². The fourth-order valence-electron chi connectivity index (χ4n) is 2.53. The van der Waals surface area contributed by atoms with Crippen LogP contribution >= 0.6 is 23.1 Å². The summed E-state index contributed by atoms with van der Waals surface area (Å²) in [7, 11) is 0. The lowest BCUT2D eigenvalue weighted by Crippen LogP contribution is -2.25. The number of thioether (sulfide) groups is 1. The molecule has 29 heavy (non-hydrogen) atoms. The molecule has 0 bridgehead atoms. The van der Waals surface area contributed by atoms with Crippen molar-refractivity contribution >= 4 is 29.0 Å². The molecular weight excluding hydrogens is 411 g/mol. The molecule has 9 heteroatoms. The van der Waals surface area contributed by atoms with Crippen LogP contribution in [0.3, 0.4) is 0 Å². The van der Waals surface area contributed by atoms with Crippen LogP contribution in [0.4, 0.5) is 4.39 Å². The first-order chi connectivity index (χ1) is 14.2. The molecule has 1 aromatic carbocycles. The molecule has 4 aromatic rings. The number of thiophene rings is 1. The van der Waals surface area contributed by atoms with Gasteiger partial charge in [0.15, 0.2) is 0 Å². The third kappa shape index (κ3) is 4.69. The van der Waals surface area contributed by atoms with E-state index in [2.05, 4.69) is 20.4 Å². The second kappa shape index (κ2) is 8.97. The summed E-state index contributed by atoms with van der Waals surface area (Å²) in [5.41, 5.74) is 1.10. The van der Waals surface area contributed by atoms with E-state index in [-0.39, 0.29) is 24.0 Å². The Morgan fingerprint density at radius 1 is 1.17 bits per heavy atom. The maximum absolute atomic E-state index is 13.6. The summed E-state index contributed by atoms with van der Waals surface area (Å²) in [6.45, 7) is 0.134. The van der Waals surface area contributed by atoms with Crippen molar-refractivity contribution in [3.8, 4) is 22.2 Å². The Kier molecular flexibility index (Phi) is 5.97. The number of halogens is 1. The predicted octanol–water partition coefficient (Wildman–Crippen LogP) is 4.41. The minimum Gasteiger partial charge on any atom is -0.351 e. The molecule has 0 aliphatic heterocycles. The molecule has 3 aromatic heterocycles. The maximum atomic E-state index is 13.6. The molecule has 1 N–H and O–H groups in total. The van der Waals surface area contributed by atoms with Crippen molar-refractivity contribution in [1.29, 1.82) is 0 Å². The highest BCUT2D eigenvalue weighted by Gasteiger charge is 2.16. The van der Waals surface area contributed by atoms with Crippen LogP contribution in [0.5, 0.6) is 0 Å². The molecule has 0 saturated heterocycles. The van der Waals surface area contributed by atoms with Crippen molar-refractivity contribution in [2.75, 3.05) is 5.75 Å². The topological polar surface area (TPSA) is 80.9 Å². The highest BCUT2D eigenvalue weighted by atomic mass is 32.2. The first kappa shape index (κ1) is 19.3. The van der Waals surface area contributed by atoms with E-state index in [1.807, 2.05) is 23.6 Å². The van der Waals surface area contributed by atoms with E-state index >= 15 is 0 Å². The van der Waals surface area contributed by atoms with E-state index in [1.54, 1.807) is 30.5 Å². The number of aromatic nitrogens is 3. The van der Waals surface area contributed by atoms with Gasteiger partial charge in [0.25, 0.3) is 5.89 Å². The van der Waals surface area contributed by atoms with Crippen LogP contribution in [0.1, 0.15) is 5.56 Å². The van der Waals surface area contributed by atoms with E-state index in [1.165, 1.54) is 29.2 Å². The Morgan fingerprint density at radius 3 is 2.90 bits per heavy atom. The van der Waals surface area contributed by atoms with Crippen LogP contribution in [0.2, 0.25) is 0 Å². The van der Waals surface area contributed by atoms with Crippen molar-refractivity contribution in [1.82, 2.24) is 20.4 Å². The molecule has 146 valence electrons. The molecule has 4 rings (SSSR count). The van der Waals surface area contributed by atoms with Crippen LogP contribution in [-0.2, 0) is 11.3 Å². The van der Waals surface area contributed by atoms with Gasteiger partial charge in [-0.05, 0) is 29.6 Å². The van der Waals surface area contributed by atoms with E-state index in [0.29, 0.717) is 27.9 Å². The van der Waals surface area contributed by atoms with Gasteiger partial charge >= 0.3 is 0 Å². The third-order valence-electron chi connectivity index (χ3n) is 3.94. The lowest BCUT2D eigenvalue weighted by atomic mass is 10.2. The van der Waals surface area contributed by atoms with Gasteiger partial charge in [-0.3, -0.25) is 4.79 Å². The average molecular weight is 426 g/mol. The van der Waals surface area contributed by atoms with Crippen molar-refractivity contribution < 1.29 is 13.7 Å². The summed E-state index contributed by atoms with van der Waals surface area (Å²) >= 11 is 2.78. The predicted molar refractivity (Wildman–Crippen MR) is 110 cm³/mol. The first-order valence-corrected chi connectivity index (χ1v) is 10.5. The second-order valence-electron chi connectivity index (χ2n) is 5.91. The van der Waals surface area contributed by atoms with Gasteiger partial charge in [-0.2, -0.15) is 4.98 Å². The molecule has 0 atom stereocenters. The summed E-state index contributed by atoms with van der Waals surface area (Å²) < 4.78 is 19.0. The minimum absolute atomic E-state index is 0.129. The molecule has 0 spiro atoms. The Hall–Kier alpha value is -3.04. The number of hydrogen-bond donors (Lipinski definition) is 1. The van der Waals surface area contributed by atoms with Crippen molar-refractivity contribution in [3.05, 3.63) is 71.5 Å². The number of amides is 1. The second-order valence-corrected chi connectivity index (χ2v) is 7.83. The highest BCUT2D eigenvalue weighted by Crippen LogP contribution is 2.30. The average Bonchev–Trinajstić information content (AvgIpc) is 3.43. The fraction of sp³-hybridized carbons (Fsp3) is 0.100. The van der Waals surface area contributed by atoms with Gasteiger partial charge in [-0.1, -0.05) is 41.2 Å². The summed E-state index contributed by atoms with van der Waals surface area (Å²) in [4.78, 5) is 21.8. The zero-order valence-electron chi connectivity index (χ0n) is 15.0. The lowest BCUT2D eigenvalue weighted by Gasteiger charge is -2.07. The number of pyridine rings is 1. The minimum atomic E-state index is -0.342. The molecule has 3 heterocycles. The quantitative estimate of drug-likeness (QED) is 0.441. The van der Waals surface area contributed by atoms with Crippen molar-refractivity contribution in [2.45, 2.75) is 11.6 Å². The number of rotatable bonds is 7. The number of carbonyl (C=O) groups excluding carboxylic acids is 1. The van der Waals surface area contributed by atoms with Crippen LogP contribution in [0.25, 0.3) is 22.2 Å². The summed E-state index contributed by atoms with van der Waals surface area (Å²) in [6, 6.07) is 13.8. The standard InChI is InChI=1S/C20H15FN4O2S2/c21-15-7-2-1-5-13(15)11-23-17(26)12-29-20-14(6-3-9-22-20)19-24-18(25-27-19)16-8-4-10-28-16/h1-10H,11-12H2,(H,23,26). The van der Waals surface area contributed by atoms with Crippen LogP contribution in [0.15, 0.2) is 69.7 Å². The number of carbonyl (C=O) groups is 1. The smallest absolute Gasteiger partial charge is 0.261 e. The molecule has 0 fully saturated rings. The van der Waals surface area contributed by atoms with Crippen LogP contribution < -0.4 is 5.32 Å². The normalized spacial score (nSPS) is 10.8. The van der Waals surface area contributed by atoms with Crippen LogP contribution in [-0.4, -0.2) is 26.8 Å². The molecular formula is C20H15FN4O2S2. The lowest BCUT2D eigenvalue weighted by molar-refractivity contribution is -0.118. The number of nitrogens with one attached hydrogen (secondary N) is 1. The summed E-state index contributed by atoms with van der Waals surface area (Å²) in [6.07, 6.45) is 1.64. The molecule has 0 radical (unpaired) electrons. The molecule has 6 nitrogen and oxygen atoms in total. The Morgan fingerprint density at radius 2 is 2.07 bits per heavy atom. The zero-order chi connectivity index (χ0) is 20.1. The van der Waals surface area contributed by atoms with Gasteiger partial charge < -0.3 is 9.84 Å². The van der Waals surface area contributed by atoms with Gasteiger partial charge in [-0.25, -0.2) is 9.37 Å². The number of benzene rings is 1. The highest BCUT2D eigenvalue weighted by molar-refractivity contribution is 8.00. The van der Waals surface area contributed by atoms with Gasteiger partial charge in [0, 0.05) is 18.3 Å². The van der Waals surface area contributed by atoms with E-state index in [9.17, 15) is 9.18 Å². The largest absolute Gasteiger partial charge is 0.351 e. The fourth-order valence-corrected chi connectivity index (χ4v) is 3.99. The molecule has 0 saturated carbocycles. The Labute approximate surface area is 174 Å². The SMILES string of the molecule is O=C(CSc1ncccc1-c1nc(-c2cccs2)no1)NCc1ccccc1F. The van der Waals surface area contributed by atoms with Crippen molar-refractivity contribution in [3.63, 3.8) is 0 Å². The Bertz CT molecular complexity index is 1120. The Balaban J connectivity index is 1.41. The molecule has 0 unspecified atom stereocenters. The van der Waals surface area contributed by atoms with Gasteiger partial charge in [0.1, 0.15) is 10.8 Å². The monoisotopic (exact) mass is 426 g/mol. The van der Waals surface area contributed by atoms with Gasteiger partial charge in [0.05, 0.1) is 16.2 Å². The summed E-state index contributed by atoms with van der Waals surface area (Å²) in [5, 5.41) is 9.28. The summed E-state index contributed by atoms with van der Waals surface area (Å²) in [5.74, 6) is 0.419. The first-order valence-electron chi connectivity index (χ1n) is 8.66. The maximum Gasteiger partial charge on any atom is 0.261 e. The van der Waals surface area contributed by atoms with E-state index in [0.717, 1.165) is 4.88 Å².